The Balaban J connectivity index is 1.97. The topological polar surface area (TPSA) is 64.4 Å². The number of nitrogens with two attached hydrogens (primary N) is 1. The van der Waals surface area contributed by atoms with E-state index in [1.807, 2.05) is 0 Å². The molecule has 3 N–H and O–H groups in total. The van der Waals surface area contributed by atoms with Crippen molar-refractivity contribution in [1.82, 2.24) is 5.32 Å². The Morgan fingerprint density at radius 3 is 2.89 bits per heavy atom. The fourth-order valence-corrected chi connectivity index (χ4v) is 0.673. The van der Waals surface area contributed by atoms with Crippen molar-refractivity contribution < 1.29 is 9.53 Å². The average molecular weight is 130 g/mol. The Labute approximate surface area is 53.4 Å². The highest BCUT2D eigenvalue weighted by molar-refractivity contribution is 5.64. The molecule has 4 nitrogen and oxygen atoms in total. The standard InChI is InChI=1S/C5H10N2O2/c6-5(8)9-3-4-1-2-7-4/h4,7H,1-3H2,(H2,6,8)/t4-/m1/s1. The largest absolute Gasteiger partial charge is 0.448 e. The van der Waals surface area contributed by atoms with Gasteiger partial charge in [0.05, 0.1) is 0 Å². The van der Waals surface area contributed by atoms with Gasteiger partial charge < -0.3 is 15.8 Å². The molecule has 0 aromatic heterocycles. The number of nitrogens with one attached hydrogen (secondary N) is 1. The number of hydrogen-bond donors (Lipinski definition) is 2. The van der Waals surface area contributed by atoms with Crippen LogP contribution in [-0.2, 0) is 4.74 Å². The van der Waals surface area contributed by atoms with Gasteiger partial charge in [-0.3, -0.25) is 0 Å². The van der Waals surface area contributed by atoms with Gasteiger partial charge in [0.15, 0.2) is 0 Å². The fraction of sp³-hybridized carbons (Fsp3) is 0.800. The van der Waals surface area contributed by atoms with Crippen LogP contribution >= 0.6 is 0 Å². The summed E-state index contributed by atoms with van der Waals surface area (Å²) in [5.74, 6) is 0. The van der Waals surface area contributed by atoms with E-state index in [-0.39, 0.29) is 0 Å². The zero-order valence-corrected chi connectivity index (χ0v) is 5.09. The van der Waals surface area contributed by atoms with E-state index in [4.69, 9.17) is 5.73 Å². The van der Waals surface area contributed by atoms with Crippen LogP contribution in [0, 0.1) is 0 Å². The van der Waals surface area contributed by atoms with E-state index in [0.29, 0.717) is 12.6 Å². The highest BCUT2D eigenvalue weighted by Gasteiger charge is 2.16. The molecule has 1 atom stereocenters. The predicted octanol–water partition coefficient (Wildman–Crippen LogP) is -0.556. The molecule has 52 valence electrons. The van der Waals surface area contributed by atoms with Crippen LogP contribution in [0.3, 0.4) is 0 Å². The lowest BCUT2D eigenvalue weighted by Crippen LogP contribution is -2.46. The van der Waals surface area contributed by atoms with Crippen molar-refractivity contribution in [3.63, 3.8) is 0 Å². The van der Waals surface area contributed by atoms with Gasteiger partial charge in [-0.15, -0.1) is 0 Å². The van der Waals surface area contributed by atoms with Gasteiger partial charge in [0, 0.05) is 6.04 Å². The number of rotatable bonds is 2. The van der Waals surface area contributed by atoms with Crippen molar-refractivity contribution in [2.75, 3.05) is 13.2 Å². The van der Waals surface area contributed by atoms with Crippen molar-refractivity contribution in [3.05, 3.63) is 0 Å². The van der Waals surface area contributed by atoms with Gasteiger partial charge in [-0.25, -0.2) is 4.79 Å². The second kappa shape index (κ2) is 2.68. The summed E-state index contributed by atoms with van der Waals surface area (Å²) in [6, 6.07) is 0.345. The van der Waals surface area contributed by atoms with Crippen molar-refractivity contribution in [2.24, 2.45) is 5.73 Å². The summed E-state index contributed by atoms with van der Waals surface area (Å²) in [5.41, 5.74) is 4.73. The minimum atomic E-state index is -0.691. The number of amides is 1. The third kappa shape index (κ3) is 1.89. The predicted molar refractivity (Wildman–Crippen MR) is 31.9 cm³/mol. The van der Waals surface area contributed by atoms with Crippen molar-refractivity contribution in [1.29, 1.82) is 0 Å². The molecule has 1 fully saturated rings. The van der Waals surface area contributed by atoms with Crippen LogP contribution in [0.1, 0.15) is 6.42 Å². The summed E-state index contributed by atoms with van der Waals surface area (Å²) in [5, 5.41) is 3.07. The van der Waals surface area contributed by atoms with Crippen LogP contribution in [0.2, 0.25) is 0 Å². The number of carbonyl (C=O) groups excluding carboxylic acids is 1. The van der Waals surface area contributed by atoms with Crippen LogP contribution in [0.25, 0.3) is 0 Å². The number of hydrogen-bond acceptors (Lipinski definition) is 3. The second-order valence-electron chi connectivity index (χ2n) is 2.07. The first-order valence-electron chi connectivity index (χ1n) is 2.94. The molecule has 9 heavy (non-hydrogen) atoms. The van der Waals surface area contributed by atoms with Gasteiger partial charge in [0.1, 0.15) is 6.61 Å². The summed E-state index contributed by atoms with van der Waals surface area (Å²) in [7, 11) is 0. The van der Waals surface area contributed by atoms with E-state index in [0.717, 1.165) is 13.0 Å². The highest BCUT2D eigenvalue weighted by Crippen LogP contribution is 2.00. The Morgan fingerprint density at radius 1 is 1.89 bits per heavy atom. The molecule has 0 spiro atoms. The highest BCUT2D eigenvalue weighted by atomic mass is 16.5. The maximum absolute atomic E-state index is 10.0. The quantitative estimate of drug-likeness (QED) is 0.526. The molecular weight excluding hydrogens is 120 g/mol. The van der Waals surface area contributed by atoms with E-state index in [2.05, 4.69) is 10.1 Å². The van der Waals surface area contributed by atoms with Crippen LogP contribution in [0.5, 0.6) is 0 Å². The Hall–Kier alpha value is -0.770. The van der Waals surface area contributed by atoms with Crippen LogP contribution in [-0.4, -0.2) is 25.3 Å². The molecule has 1 heterocycles. The molecule has 1 amide bonds. The Morgan fingerprint density at radius 2 is 2.56 bits per heavy atom. The molecule has 0 saturated carbocycles. The van der Waals surface area contributed by atoms with E-state index >= 15 is 0 Å². The molecule has 4 heteroatoms. The van der Waals surface area contributed by atoms with Gasteiger partial charge in [-0.2, -0.15) is 0 Å². The molecule has 1 rings (SSSR count). The summed E-state index contributed by atoms with van der Waals surface area (Å²) < 4.78 is 4.52. The molecule has 1 saturated heterocycles. The van der Waals surface area contributed by atoms with Crippen LogP contribution < -0.4 is 11.1 Å². The first-order valence-corrected chi connectivity index (χ1v) is 2.94. The van der Waals surface area contributed by atoms with Crippen molar-refractivity contribution >= 4 is 6.09 Å². The molecule has 0 aromatic rings. The van der Waals surface area contributed by atoms with Gasteiger partial charge in [-0.1, -0.05) is 0 Å². The Kier molecular flexibility index (Phi) is 1.89. The first-order chi connectivity index (χ1) is 4.29. The summed E-state index contributed by atoms with van der Waals surface area (Å²) in [6.45, 7) is 1.43. The van der Waals surface area contributed by atoms with Gasteiger partial charge in [-0.05, 0) is 13.0 Å². The molecule has 1 aliphatic rings. The molecule has 1 aliphatic heterocycles. The zero-order valence-electron chi connectivity index (χ0n) is 5.09. The number of ether oxygens (including phenoxy) is 1. The molecular formula is C5H10N2O2. The SMILES string of the molecule is NC(=O)OC[C@H]1CCN1. The van der Waals surface area contributed by atoms with Gasteiger partial charge >= 0.3 is 6.09 Å². The molecule has 0 bridgehead atoms. The third-order valence-corrected chi connectivity index (χ3v) is 1.35. The van der Waals surface area contributed by atoms with E-state index in [1.54, 1.807) is 0 Å². The van der Waals surface area contributed by atoms with Gasteiger partial charge in [0.2, 0.25) is 0 Å². The fourth-order valence-electron chi connectivity index (χ4n) is 0.673. The second-order valence-corrected chi connectivity index (χ2v) is 2.07. The molecule has 0 aromatic carbocycles. The normalized spacial score (nSPS) is 24.7. The Bertz CT molecular complexity index is 112. The third-order valence-electron chi connectivity index (χ3n) is 1.35. The molecule has 0 aliphatic carbocycles. The maximum atomic E-state index is 10.0. The van der Waals surface area contributed by atoms with E-state index < -0.39 is 6.09 Å². The summed E-state index contributed by atoms with van der Waals surface area (Å²) >= 11 is 0. The summed E-state index contributed by atoms with van der Waals surface area (Å²) in [6.07, 6.45) is 0.386. The lowest BCUT2D eigenvalue weighted by Gasteiger charge is -2.26. The lowest BCUT2D eigenvalue weighted by molar-refractivity contribution is 0.129. The smallest absolute Gasteiger partial charge is 0.404 e. The summed E-state index contributed by atoms with van der Waals surface area (Å²) in [4.78, 5) is 10.0. The minimum absolute atomic E-state index is 0.345. The monoisotopic (exact) mass is 130 g/mol. The van der Waals surface area contributed by atoms with Gasteiger partial charge in [0.25, 0.3) is 0 Å². The molecule has 0 unspecified atom stereocenters. The maximum Gasteiger partial charge on any atom is 0.404 e. The van der Waals surface area contributed by atoms with Crippen LogP contribution in [0.4, 0.5) is 4.79 Å². The number of carbonyl (C=O) groups is 1. The lowest BCUT2D eigenvalue weighted by atomic mass is 10.1. The van der Waals surface area contributed by atoms with Crippen molar-refractivity contribution in [3.8, 4) is 0 Å². The van der Waals surface area contributed by atoms with E-state index in [9.17, 15) is 4.79 Å². The molecule has 0 radical (unpaired) electrons. The van der Waals surface area contributed by atoms with E-state index in [1.165, 1.54) is 0 Å². The minimum Gasteiger partial charge on any atom is -0.448 e. The van der Waals surface area contributed by atoms with Crippen LogP contribution in [0.15, 0.2) is 0 Å². The van der Waals surface area contributed by atoms with Crippen molar-refractivity contribution in [2.45, 2.75) is 12.5 Å². The zero-order chi connectivity index (χ0) is 6.69. The average Bonchev–Trinajstić information content (AvgIpc) is 1.60. The number of primary amides is 1. The first kappa shape index (κ1) is 6.35.